The summed E-state index contributed by atoms with van der Waals surface area (Å²) in [6.45, 7) is 10.8. The average Bonchev–Trinajstić information content (AvgIpc) is 4.02. The van der Waals surface area contributed by atoms with Crippen LogP contribution in [0.2, 0.25) is 0 Å². The number of nitrogens with zero attached hydrogens (tertiary/aromatic N) is 4. The molecule has 0 fully saturated rings. The number of para-hydroxylation sites is 3. The second-order valence-corrected chi connectivity index (χ2v) is 17.0. The van der Waals surface area contributed by atoms with Gasteiger partial charge in [-0.05, 0) is 98.6 Å². The minimum Gasteiger partial charge on any atom is -0.510 e. The van der Waals surface area contributed by atoms with Crippen LogP contribution in [0.4, 0.5) is 0 Å². The SMILES string of the molecule is [2H]c1c([2H])c([2H])c(-c2cccc(-c3c([2H])c([2H])c([2H])c([2H])c3[2H])c2-[n+]2[c-]n(-c3[c-]c(Oc4[c-]c5c(cc4)c4ccc(-c6c(C)cccc6C)cc4n5-c4cc(C(C)(C)C)ccn4)ccc3)c3ccccc32)c([2H])c1[2H].[CH3-].[Pt+4]. The van der Waals surface area contributed by atoms with Crippen LogP contribution in [0.1, 0.15) is 51.2 Å². The van der Waals surface area contributed by atoms with Crippen molar-refractivity contribution >= 4 is 32.8 Å². The van der Waals surface area contributed by atoms with Crippen molar-refractivity contribution in [3.63, 3.8) is 0 Å². The van der Waals surface area contributed by atoms with Crippen LogP contribution in [0.15, 0.2) is 188 Å². The van der Waals surface area contributed by atoms with Gasteiger partial charge in [-0.2, -0.15) is 18.2 Å². The number of imidazole rings is 1. The molecule has 8 aromatic carbocycles. The van der Waals surface area contributed by atoms with Gasteiger partial charge in [-0.15, -0.1) is 29.7 Å². The Hall–Kier alpha value is -7.33. The van der Waals surface area contributed by atoms with E-state index in [0.717, 1.165) is 38.8 Å². The van der Waals surface area contributed by atoms with E-state index in [-0.39, 0.29) is 61.8 Å². The molecule has 3 aromatic heterocycles. The first-order valence-electron chi connectivity index (χ1n) is 26.3. The second kappa shape index (κ2) is 18.2. The molecule has 3 heterocycles. The second-order valence-electron chi connectivity index (χ2n) is 17.0. The number of hydrogen-bond donors (Lipinski definition) is 0. The number of fused-ring (bicyclic) bond motifs is 4. The Labute approximate surface area is 421 Å². The Morgan fingerprint density at radius 1 is 0.627 bits per heavy atom. The van der Waals surface area contributed by atoms with Crippen LogP contribution in [-0.2, 0) is 26.5 Å². The molecule has 5 nitrogen and oxygen atoms in total. The van der Waals surface area contributed by atoms with E-state index in [0.29, 0.717) is 28.2 Å². The van der Waals surface area contributed by atoms with Crippen molar-refractivity contribution in [3.05, 3.63) is 231 Å². The van der Waals surface area contributed by atoms with Gasteiger partial charge in [0, 0.05) is 23.2 Å². The summed E-state index contributed by atoms with van der Waals surface area (Å²) in [5, 5.41) is 2.00. The number of ether oxygens (including phenoxy) is 1. The van der Waals surface area contributed by atoms with Crippen LogP contribution in [0.5, 0.6) is 11.5 Å². The molecule has 0 spiro atoms. The molecule has 0 aliphatic carbocycles. The Morgan fingerprint density at radius 2 is 1.27 bits per heavy atom. The molecule has 0 saturated heterocycles. The third kappa shape index (κ3) is 8.19. The number of aryl methyl sites for hydroxylation is 2. The predicted octanol–water partition coefficient (Wildman–Crippen LogP) is 15.0. The van der Waals surface area contributed by atoms with Crippen LogP contribution in [0.25, 0.3) is 83.4 Å². The van der Waals surface area contributed by atoms with Crippen molar-refractivity contribution in [3.8, 4) is 62.1 Å². The van der Waals surface area contributed by atoms with Crippen LogP contribution in [-0.4, -0.2) is 14.1 Å². The molecule has 0 unspecified atom stereocenters. The molecule has 0 atom stereocenters. The number of benzene rings is 8. The molecular formula is C61H49N4OPt+. The zero-order valence-electron chi connectivity index (χ0n) is 47.6. The van der Waals surface area contributed by atoms with E-state index in [1.54, 1.807) is 33.4 Å². The summed E-state index contributed by atoms with van der Waals surface area (Å²) < 4.78 is 99.3. The monoisotopic (exact) mass is 1060 g/mol. The van der Waals surface area contributed by atoms with Gasteiger partial charge in [0.25, 0.3) is 6.33 Å². The summed E-state index contributed by atoms with van der Waals surface area (Å²) in [7, 11) is 0. The van der Waals surface area contributed by atoms with Gasteiger partial charge < -0.3 is 21.3 Å². The third-order valence-electron chi connectivity index (χ3n) is 11.8. The third-order valence-corrected chi connectivity index (χ3v) is 11.8. The van der Waals surface area contributed by atoms with Crippen molar-refractivity contribution in [1.82, 2.24) is 14.1 Å². The summed E-state index contributed by atoms with van der Waals surface area (Å²) in [6, 6.07) is 40.2. The first-order valence-corrected chi connectivity index (χ1v) is 21.3. The van der Waals surface area contributed by atoms with Gasteiger partial charge >= 0.3 is 21.1 Å². The summed E-state index contributed by atoms with van der Waals surface area (Å²) in [5.74, 6) is 1.52. The molecule has 328 valence electrons. The van der Waals surface area contributed by atoms with Gasteiger partial charge in [-0.3, -0.25) is 4.57 Å². The van der Waals surface area contributed by atoms with E-state index in [4.69, 9.17) is 23.4 Å². The van der Waals surface area contributed by atoms with E-state index >= 15 is 0 Å². The quantitative estimate of drug-likeness (QED) is 0.112. The molecule has 67 heavy (non-hydrogen) atoms. The molecule has 11 rings (SSSR count). The fraction of sp³-hybridized carbons (Fsp3) is 0.0984. The Kier molecular flexibility index (Phi) is 9.23. The molecule has 0 saturated carbocycles. The molecule has 0 aliphatic heterocycles. The van der Waals surface area contributed by atoms with Crippen LogP contribution in [0, 0.1) is 39.7 Å². The predicted molar refractivity (Wildman–Crippen MR) is 271 cm³/mol. The van der Waals surface area contributed by atoms with E-state index in [2.05, 4.69) is 100 Å². The Bertz CT molecular complexity index is 4030. The zero-order valence-corrected chi connectivity index (χ0v) is 39.9. The molecule has 0 bridgehead atoms. The fourth-order valence-electron chi connectivity index (χ4n) is 8.76. The first kappa shape index (κ1) is 34.0. The number of rotatable bonds is 8. The standard InChI is InChI=1S/C60H46N4O.CH3.Pt/c1-40-17-14-18-41(2)58(40)44-29-31-51-52-32-30-48(38-56(52)64(55(51)35-44)57-36-45(33-34-61-57)60(3,4)5)65-47-24-15-23-46(37-47)62-39-63(54-28-13-12-27-53(54)62)59-49(42-19-8-6-9-20-42)25-16-26-50(59)43-21-10-7-11-22-43;;/h6-36H,1-5H3;1H3;/q-2;-1;+4/i6D,7D,8D,9D,10D,11D,19D,20D,21D,22D;;. The van der Waals surface area contributed by atoms with E-state index in [1.807, 2.05) is 60.8 Å². The maximum Gasteiger partial charge on any atom is 4.00 e. The van der Waals surface area contributed by atoms with Crippen molar-refractivity contribution < 1.29 is 44.1 Å². The van der Waals surface area contributed by atoms with Crippen LogP contribution < -0.4 is 9.30 Å². The summed E-state index contributed by atoms with van der Waals surface area (Å²) in [4.78, 5) is 4.93. The largest absolute Gasteiger partial charge is 4.00 e. The molecule has 0 N–H and O–H groups in total. The van der Waals surface area contributed by atoms with Gasteiger partial charge in [-0.1, -0.05) is 160 Å². The zero-order chi connectivity index (χ0) is 52.9. The minimum atomic E-state index is -0.573. The van der Waals surface area contributed by atoms with Crippen molar-refractivity contribution in [2.24, 2.45) is 0 Å². The maximum atomic E-state index is 9.04. The van der Waals surface area contributed by atoms with Gasteiger partial charge in [0.1, 0.15) is 5.82 Å². The number of pyridine rings is 1. The molecular weight excluding hydrogens is 1000 g/mol. The van der Waals surface area contributed by atoms with Crippen LogP contribution in [0.3, 0.4) is 0 Å². The van der Waals surface area contributed by atoms with Crippen LogP contribution >= 0.6 is 0 Å². The Morgan fingerprint density at radius 3 is 1.97 bits per heavy atom. The van der Waals surface area contributed by atoms with Crippen molar-refractivity contribution in [1.29, 1.82) is 0 Å². The van der Waals surface area contributed by atoms with E-state index < -0.39 is 60.4 Å². The van der Waals surface area contributed by atoms with Crippen molar-refractivity contribution in [2.45, 2.75) is 40.0 Å². The summed E-state index contributed by atoms with van der Waals surface area (Å²) >= 11 is 0. The van der Waals surface area contributed by atoms with E-state index in [9.17, 15) is 0 Å². The normalized spacial score (nSPS) is 13.5. The van der Waals surface area contributed by atoms with Gasteiger partial charge in [0.2, 0.25) is 0 Å². The molecule has 0 aliphatic rings. The van der Waals surface area contributed by atoms with E-state index in [1.165, 1.54) is 16.7 Å². The summed E-state index contributed by atoms with van der Waals surface area (Å²) in [5.41, 5.74) is 9.17. The van der Waals surface area contributed by atoms with Gasteiger partial charge in [0.15, 0.2) is 0 Å². The van der Waals surface area contributed by atoms with Crippen molar-refractivity contribution in [2.75, 3.05) is 0 Å². The molecule has 0 radical (unpaired) electrons. The molecule has 6 heteroatoms. The average molecular weight is 1060 g/mol. The Balaban J connectivity index is 0.00000361. The molecule has 0 amide bonds. The minimum absolute atomic E-state index is 0. The molecule has 11 aromatic rings. The number of hydrogen-bond acceptors (Lipinski definition) is 2. The maximum absolute atomic E-state index is 9.04. The first-order chi connectivity index (χ1) is 35.8. The topological polar surface area (TPSA) is 35.9 Å². The van der Waals surface area contributed by atoms with Gasteiger partial charge in [0.05, 0.1) is 30.4 Å². The smallest absolute Gasteiger partial charge is 0.510 e. The fourth-order valence-corrected chi connectivity index (χ4v) is 8.76. The van der Waals surface area contributed by atoms with Gasteiger partial charge in [-0.25, -0.2) is 4.98 Å². The summed E-state index contributed by atoms with van der Waals surface area (Å²) in [6.07, 6.45) is 5.27. The number of aromatic nitrogens is 4.